The summed E-state index contributed by atoms with van der Waals surface area (Å²) in [6.45, 7) is 1.12. The van der Waals surface area contributed by atoms with Gasteiger partial charge < -0.3 is 15.4 Å². The summed E-state index contributed by atoms with van der Waals surface area (Å²) < 4.78 is 0. The molecule has 0 spiro atoms. The van der Waals surface area contributed by atoms with Crippen molar-refractivity contribution in [2.75, 3.05) is 4.90 Å². The van der Waals surface area contributed by atoms with Crippen LogP contribution in [0, 0.1) is 0 Å². The van der Waals surface area contributed by atoms with Crippen LogP contribution in [-0.4, -0.2) is 39.1 Å². The van der Waals surface area contributed by atoms with E-state index < -0.39 is 18.0 Å². The lowest BCUT2D eigenvalue weighted by atomic mass is 10.1. The van der Waals surface area contributed by atoms with Crippen molar-refractivity contribution in [2.45, 2.75) is 19.8 Å². The van der Waals surface area contributed by atoms with Gasteiger partial charge in [0, 0.05) is 13.3 Å². The van der Waals surface area contributed by atoms with Crippen molar-refractivity contribution in [3.05, 3.63) is 29.8 Å². The van der Waals surface area contributed by atoms with Crippen LogP contribution < -0.4 is 4.90 Å². The minimum atomic E-state index is -1.41. The normalized spacial score (nSPS) is 11.0. The number of amides is 2. The first-order valence-corrected chi connectivity index (χ1v) is 5.93. The molecule has 1 aromatic carbocycles. The van der Waals surface area contributed by atoms with E-state index in [1.165, 1.54) is 24.3 Å². The average Bonchev–Trinajstić information content (AvgIpc) is 2.40. The van der Waals surface area contributed by atoms with E-state index >= 15 is 0 Å². The van der Waals surface area contributed by atoms with Crippen LogP contribution in [0.3, 0.4) is 0 Å². The second kappa shape index (κ2) is 7.04. The Labute approximate surface area is 119 Å². The fraction of sp³-hybridized carbons (Fsp3) is 0.231. The third-order valence-corrected chi connectivity index (χ3v) is 2.66. The average molecular weight is 294 g/mol. The molecule has 0 aliphatic heterocycles. The first-order chi connectivity index (χ1) is 9.86. The van der Waals surface area contributed by atoms with Crippen molar-refractivity contribution < 1.29 is 29.8 Å². The molecule has 8 nitrogen and oxygen atoms in total. The lowest BCUT2D eigenvalue weighted by Crippen LogP contribution is -2.33. The third kappa shape index (κ3) is 4.30. The summed E-state index contributed by atoms with van der Waals surface area (Å²) in [7, 11) is 0. The van der Waals surface area contributed by atoms with Crippen LogP contribution in [0.2, 0.25) is 0 Å². The Balaban J connectivity index is 2.98. The van der Waals surface area contributed by atoms with Crippen LogP contribution in [-0.2, 0) is 9.59 Å². The molecule has 0 unspecified atom stereocenters. The number of anilines is 1. The number of carbonyl (C=O) groups is 3. The SMILES string of the molecule is CC(=O)N(C(=O)O)c1ccc(C(CCC(=O)O)=NO)cc1. The van der Waals surface area contributed by atoms with Crippen LogP contribution in [0.15, 0.2) is 29.4 Å². The summed E-state index contributed by atoms with van der Waals surface area (Å²) in [6.07, 6.45) is -1.58. The standard InChI is InChI=1S/C13H14N2O6/c1-8(16)15(13(19)20)10-4-2-9(3-5-10)11(14-21)6-7-12(17)18/h2-5,21H,6-7H2,1H3,(H,17,18)(H,19,20). The number of nitrogens with zero attached hydrogens (tertiary/aromatic N) is 2. The number of oxime groups is 1. The summed E-state index contributed by atoms with van der Waals surface area (Å²) >= 11 is 0. The van der Waals surface area contributed by atoms with Crippen molar-refractivity contribution in [3.63, 3.8) is 0 Å². The Morgan fingerprint density at radius 3 is 2.05 bits per heavy atom. The number of imide groups is 1. The number of hydrogen-bond donors (Lipinski definition) is 3. The molecule has 21 heavy (non-hydrogen) atoms. The number of carboxylic acids is 1. The molecule has 1 aromatic rings. The molecule has 0 aliphatic rings. The number of hydrogen-bond acceptors (Lipinski definition) is 5. The maximum Gasteiger partial charge on any atom is 0.418 e. The van der Waals surface area contributed by atoms with Gasteiger partial charge in [-0.05, 0) is 17.7 Å². The van der Waals surface area contributed by atoms with Crippen LogP contribution in [0.1, 0.15) is 25.3 Å². The summed E-state index contributed by atoms with van der Waals surface area (Å²) in [4.78, 5) is 33.3. The van der Waals surface area contributed by atoms with Gasteiger partial charge in [-0.25, -0.2) is 9.69 Å². The van der Waals surface area contributed by atoms with Crippen molar-refractivity contribution >= 4 is 29.4 Å². The van der Waals surface area contributed by atoms with E-state index in [9.17, 15) is 14.4 Å². The van der Waals surface area contributed by atoms with Gasteiger partial charge in [0.15, 0.2) is 0 Å². The van der Waals surface area contributed by atoms with Gasteiger partial charge >= 0.3 is 12.1 Å². The molecule has 3 N–H and O–H groups in total. The van der Waals surface area contributed by atoms with E-state index in [4.69, 9.17) is 15.4 Å². The Hall–Kier alpha value is -2.90. The first-order valence-electron chi connectivity index (χ1n) is 5.93. The molecule has 8 heteroatoms. The van der Waals surface area contributed by atoms with Gasteiger partial charge in [-0.1, -0.05) is 17.3 Å². The summed E-state index contributed by atoms with van der Waals surface area (Å²) in [5, 5.41) is 29.5. The summed E-state index contributed by atoms with van der Waals surface area (Å²) in [5.41, 5.74) is 0.749. The van der Waals surface area contributed by atoms with Crippen molar-refractivity contribution in [2.24, 2.45) is 5.16 Å². The van der Waals surface area contributed by atoms with Crippen molar-refractivity contribution in [1.82, 2.24) is 0 Å². The molecule has 0 fully saturated rings. The van der Waals surface area contributed by atoms with Gasteiger partial charge in [-0.15, -0.1) is 0 Å². The van der Waals surface area contributed by atoms with Crippen LogP contribution in [0.5, 0.6) is 0 Å². The Bertz CT molecular complexity index is 565. The first kappa shape index (κ1) is 16.2. The van der Waals surface area contributed by atoms with Crippen LogP contribution in [0.4, 0.5) is 10.5 Å². The van der Waals surface area contributed by atoms with Gasteiger partial charge in [0.05, 0.1) is 17.8 Å². The molecule has 0 bridgehead atoms. The maximum atomic E-state index is 11.3. The highest BCUT2D eigenvalue weighted by atomic mass is 16.4. The largest absolute Gasteiger partial charge is 0.481 e. The Kier molecular flexibility index (Phi) is 5.41. The molecule has 0 aliphatic carbocycles. The molecule has 0 saturated heterocycles. The topological polar surface area (TPSA) is 128 Å². The molecular formula is C13H14N2O6. The monoisotopic (exact) mass is 294 g/mol. The number of carbonyl (C=O) groups excluding carboxylic acids is 1. The Morgan fingerprint density at radius 1 is 1.10 bits per heavy atom. The second-order valence-corrected chi connectivity index (χ2v) is 4.12. The lowest BCUT2D eigenvalue weighted by molar-refractivity contribution is -0.136. The highest BCUT2D eigenvalue weighted by Crippen LogP contribution is 2.17. The summed E-state index contributed by atoms with van der Waals surface area (Å²) in [6, 6.07) is 5.64. The van der Waals surface area contributed by atoms with Gasteiger partial charge in [0.2, 0.25) is 5.91 Å². The lowest BCUT2D eigenvalue weighted by Gasteiger charge is -2.15. The van der Waals surface area contributed by atoms with Crippen molar-refractivity contribution in [1.29, 1.82) is 0 Å². The fourth-order valence-electron chi connectivity index (χ4n) is 1.71. The number of aliphatic carboxylic acids is 1. The molecule has 1 rings (SSSR count). The van der Waals surface area contributed by atoms with Gasteiger partial charge in [-0.3, -0.25) is 9.59 Å². The maximum absolute atomic E-state index is 11.3. The van der Waals surface area contributed by atoms with Crippen molar-refractivity contribution in [3.8, 4) is 0 Å². The molecule has 0 saturated carbocycles. The van der Waals surface area contributed by atoms with E-state index in [-0.39, 0.29) is 24.2 Å². The zero-order chi connectivity index (χ0) is 16.0. The molecule has 0 atom stereocenters. The predicted octanol–water partition coefficient (Wildman–Crippen LogP) is 1.76. The molecule has 112 valence electrons. The number of rotatable bonds is 5. The second-order valence-electron chi connectivity index (χ2n) is 4.12. The quantitative estimate of drug-likeness (QED) is 0.431. The zero-order valence-corrected chi connectivity index (χ0v) is 11.2. The van der Waals surface area contributed by atoms with Crippen LogP contribution >= 0.6 is 0 Å². The molecular weight excluding hydrogens is 280 g/mol. The number of carboxylic acid groups (broad SMARTS) is 2. The van der Waals surface area contributed by atoms with Crippen LogP contribution in [0.25, 0.3) is 0 Å². The van der Waals surface area contributed by atoms with Gasteiger partial charge in [0.1, 0.15) is 0 Å². The summed E-state index contributed by atoms with van der Waals surface area (Å²) in [5.74, 6) is -1.68. The fourth-order valence-corrected chi connectivity index (χ4v) is 1.71. The molecule has 0 radical (unpaired) electrons. The third-order valence-electron chi connectivity index (χ3n) is 2.66. The van der Waals surface area contributed by atoms with Gasteiger partial charge in [-0.2, -0.15) is 0 Å². The van der Waals surface area contributed by atoms with Gasteiger partial charge in [0.25, 0.3) is 0 Å². The van der Waals surface area contributed by atoms with E-state index in [0.29, 0.717) is 10.5 Å². The minimum Gasteiger partial charge on any atom is -0.481 e. The predicted molar refractivity (Wildman–Crippen MR) is 72.8 cm³/mol. The molecule has 2 amide bonds. The molecule has 0 heterocycles. The molecule has 0 aromatic heterocycles. The highest BCUT2D eigenvalue weighted by molar-refractivity contribution is 6.11. The number of benzene rings is 1. The van der Waals surface area contributed by atoms with E-state index in [1.54, 1.807) is 0 Å². The smallest absolute Gasteiger partial charge is 0.418 e. The highest BCUT2D eigenvalue weighted by Gasteiger charge is 2.19. The zero-order valence-electron chi connectivity index (χ0n) is 11.2. The van der Waals surface area contributed by atoms with E-state index in [0.717, 1.165) is 6.92 Å². The van der Waals surface area contributed by atoms with E-state index in [2.05, 4.69) is 5.16 Å². The van der Waals surface area contributed by atoms with E-state index in [1.807, 2.05) is 0 Å². The minimum absolute atomic E-state index is 0.0283. The Morgan fingerprint density at radius 2 is 1.67 bits per heavy atom.